The summed E-state index contributed by atoms with van der Waals surface area (Å²) in [6, 6.07) is 0. The van der Waals surface area contributed by atoms with Gasteiger partial charge in [-0.05, 0) is 19.9 Å². The van der Waals surface area contributed by atoms with E-state index >= 15 is 0 Å². The monoisotopic (exact) mass is 224 g/mol. The fraction of sp³-hybridized carbons (Fsp3) is 0.818. The van der Waals surface area contributed by atoms with E-state index in [9.17, 15) is 4.79 Å². The van der Waals surface area contributed by atoms with Crippen molar-refractivity contribution in [2.45, 2.75) is 13.3 Å². The standard InChI is InChI=1S/C11H20N4O/c1-9-10(11(16)14(2)13-9)3-6-15-7-4-12-5-8-15/h10,12H,3-8H2,1-2H3. The van der Waals surface area contributed by atoms with Crippen molar-refractivity contribution in [1.29, 1.82) is 0 Å². The molecule has 0 aliphatic carbocycles. The lowest BCUT2D eigenvalue weighted by atomic mass is 10.0. The van der Waals surface area contributed by atoms with Crippen LogP contribution in [0.1, 0.15) is 13.3 Å². The molecule has 2 aliphatic heterocycles. The molecule has 2 aliphatic rings. The number of amides is 1. The van der Waals surface area contributed by atoms with E-state index in [0.717, 1.165) is 44.9 Å². The Bertz CT molecular complexity index is 296. The van der Waals surface area contributed by atoms with Crippen molar-refractivity contribution in [3.63, 3.8) is 0 Å². The molecule has 2 rings (SSSR count). The molecule has 0 spiro atoms. The Labute approximate surface area is 96.5 Å². The summed E-state index contributed by atoms with van der Waals surface area (Å²) in [5.74, 6) is 0.160. The number of hydrazone groups is 1. The number of carbonyl (C=O) groups is 1. The van der Waals surface area contributed by atoms with E-state index < -0.39 is 0 Å². The maximum absolute atomic E-state index is 11.8. The van der Waals surface area contributed by atoms with Gasteiger partial charge in [-0.25, -0.2) is 5.01 Å². The number of piperazine rings is 1. The minimum absolute atomic E-state index is 0.0138. The van der Waals surface area contributed by atoms with Crippen LogP contribution in [0, 0.1) is 5.92 Å². The van der Waals surface area contributed by atoms with Crippen LogP contribution in [0.25, 0.3) is 0 Å². The summed E-state index contributed by atoms with van der Waals surface area (Å²) in [6.07, 6.45) is 0.901. The molecule has 1 fully saturated rings. The van der Waals surface area contributed by atoms with Crippen molar-refractivity contribution < 1.29 is 4.79 Å². The molecule has 90 valence electrons. The Balaban J connectivity index is 1.81. The fourth-order valence-corrected chi connectivity index (χ4v) is 2.34. The Kier molecular flexibility index (Phi) is 3.56. The Morgan fingerprint density at radius 2 is 2.12 bits per heavy atom. The first kappa shape index (κ1) is 11.5. The number of hydrogen-bond acceptors (Lipinski definition) is 4. The molecule has 1 atom stereocenters. The highest BCUT2D eigenvalue weighted by Crippen LogP contribution is 2.17. The Morgan fingerprint density at radius 3 is 2.69 bits per heavy atom. The predicted molar refractivity (Wildman–Crippen MR) is 63.3 cm³/mol. The third-order valence-electron chi connectivity index (χ3n) is 3.37. The molecule has 2 heterocycles. The summed E-state index contributed by atoms with van der Waals surface area (Å²) in [5.41, 5.74) is 0.961. The van der Waals surface area contributed by atoms with Crippen LogP contribution in [0.3, 0.4) is 0 Å². The third-order valence-corrected chi connectivity index (χ3v) is 3.37. The molecule has 5 heteroatoms. The molecule has 0 saturated carbocycles. The largest absolute Gasteiger partial charge is 0.314 e. The molecule has 1 unspecified atom stereocenters. The number of rotatable bonds is 3. The minimum atomic E-state index is 0.0138. The Morgan fingerprint density at radius 1 is 1.44 bits per heavy atom. The van der Waals surface area contributed by atoms with Gasteiger partial charge in [0.1, 0.15) is 0 Å². The lowest BCUT2D eigenvalue weighted by molar-refractivity contribution is -0.130. The zero-order valence-electron chi connectivity index (χ0n) is 10.1. The lowest BCUT2D eigenvalue weighted by Gasteiger charge is -2.27. The predicted octanol–water partition coefficient (Wildman–Crippen LogP) is -0.254. The zero-order valence-corrected chi connectivity index (χ0v) is 10.1. The summed E-state index contributed by atoms with van der Waals surface area (Å²) in [7, 11) is 1.73. The molecule has 1 amide bonds. The van der Waals surface area contributed by atoms with E-state index in [4.69, 9.17) is 0 Å². The average Bonchev–Trinajstić information content (AvgIpc) is 2.53. The first-order chi connectivity index (χ1) is 7.68. The third kappa shape index (κ3) is 2.41. The number of nitrogens with one attached hydrogen (secondary N) is 1. The minimum Gasteiger partial charge on any atom is -0.314 e. The maximum atomic E-state index is 11.8. The normalized spacial score (nSPS) is 27.4. The van der Waals surface area contributed by atoms with E-state index in [-0.39, 0.29) is 11.8 Å². The van der Waals surface area contributed by atoms with Gasteiger partial charge in [-0.3, -0.25) is 4.79 Å². The Hall–Kier alpha value is -0.940. The second-order valence-corrected chi connectivity index (χ2v) is 4.54. The zero-order chi connectivity index (χ0) is 11.5. The van der Waals surface area contributed by atoms with Gasteiger partial charge in [-0.2, -0.15) is 5.10 Å². The van der Waals surface area contributed by atoms with Crippen LogP contribution in [0.4, 0.5) is 0 Å². The first-order valence-corrected chi connectivity index (χ1v) is 5.94. The molecule has 16 heavy (non-hydrogen) atoms. The van der Waals surface area contributed by atoms with Crippen LogP contribution >= 0.6 is 0 Å². The summed E-state index contributed by atoms with van der Waals surface area (Å²) >= 11 is 0. The van der Waals surface area contributed by atoms with E-state index in [2.05, 4.69) is 15.3 Å². The molecule has 0 radical (unpaired) electrons. The van der Waals surface area contributed by atoms with Gasteiger partial charge in [0, 0.05) is 38.9 Å². The molecule has 1 N–H and O–H groups in total. The fourth-order valence-electron chi connectivity index (χ4n) is 2.34. The quantitative estimate of drug-likeness (QED) is 0.719. The van der Waals surface area contributed by atoms with Crippen molar-refractivity contribution in [2.75, 3.05) is 39.8 Å². The topological polar surface area (TPSA) is 47.9 Å². The maximum Gasteiger partial charge on any atom is 0.251 e. The van der Waals surface area contributed by atoms with E-state index in [1.807, 2.05) is 6.92 Å². The average molecular weight is 224 g/mol. The van der Waals surface area contributed by atoms with Crippen LogP contribution in [-0.2, 0) is 4.79 Å². The van der Waals surface area contributed by atoms with E-state index in [1.165, 1.54) is 5.01 Å². The summed E-state index contributed by atoms with van der Waals surface area (Å²) < 4.78 is 0. The molecule has 0 bridgehead atoms. The van der Waals surface area contributed by atoms with Crippen LogP contribution in [0.5, 0.6) is 0 Å². The first-order valence-electron chi connectivity index (χ1n) is 5.94. The molecule has 1 saturated heterocycles. The van der Waals surface area contributed by atoms with Gasteiger partial charge in [-0.15, -0.1) is 0 Å². The molecule has 0 aromatic rings. The van der Waals surface area contributed by atoms with E-state index in [0.29, 0.717) is 0 Å². The van der Waals surface area contributed by atoms with Crippen LogP contribution in [-0.4, -0.2) is 61.3 Å². The van der Waals surface area contributed by atoms with Gasteiger partial charge in [0.25, 0.3) is 5.91 Å². The highest BCUT2D eigenvalue weighted by Gasteiger charge is 2.31. The highest BCUT2D eigenvalue weighted by molar-refractivity contribution is 6.06. The van der Waals surface area contributed by atoms with Crippen molar-refractivity contribution in [1.82, 2.24) is 15.2 Å². The SMILES string of the molecule is CC1=NN(C)C(=O)C1CCN1CCNCC1. The summed E-state index contributed by atoms with van der Waals surface area (Å²) in [5, 5.41) is 8.98. The van der Waals surface area contributed by atoms with Gasteiger partial charge >= 0.3 is 0 Å². The molecular formula is C11H20N4O. The molecule has 5 nitrogen and oxygen atoms in total. The lowest BCUT2D eigenvalue weighted by Crippen LogP contribution is -2.44. The second kappa shape index (κ2) is 4.93. The molecule has 0 aromatic heterocycles. The van der Waals surface area contributed by atoms with Crippen LogP contribution in [0.2, 0.25) is 0 Å². The van der Waals surface area contributed by atoms with Gasteiger partial charge in [-0.1, -0.05) is 0 Å². The van der Waals surface area contributed by atoms with Gasteiger partial charge in [0.15, 0.2) is 0 Å². The highest BCUT2D eigenvalue weighted by atomic mass is 16.2. The van der Waals surface area contributed by atoms with Crippen molar-refractivity contribution >= 4 is 11.6 Å². The molecular weight excluding hydrogens is 204 g/mol. The summed E-state index contributed by atoms with van der Waals surface area (Å²) in [6.45, 7) is 7.25. The van der Waals surface area contributed by atoms with Crippen molar-refractivity contribution in [2.24, 2.45) is 11.0 Å². The second-order valence-electron chi connectivity index (χ2n) is 4.54. The van der Waals surface area contributed by atoms with Crippen LogP contribution in [0.15, 0.2) is 5.10 Å². The van der Waals surface area contributed by atoms with E-state index in [1.54, 1.807) is 7.05 Å². The molecule has 0 aromatic carbocycles. The smallest absolute Gasteiger partial charge is 0.251 e. The number of nitrogens with zero attached hydrogens (tertiary/aromatic N) is 3. The summed E-state index contributed by atoms with van der Waals surface area (Å²) in [4.78, 5) is 14.2. The van der Waals surface area contributed by atoms with Gasteiger partial charge in [0.2, 0.25) is 0 Å². The number of carbonyl (C=O) groups excluding carboxylic acids is 1. The van der Waals surface area contributed by atoms with Gasteiger partial charge < -0.3 is 10.2 Å². The van der Waals surface area contributed by atoms with Crippen molar-refractivity contribution in [3.05, 3.63) is 0 Å². The van der Waals surface area contributed by atoms with Crippen molar-refractivity contribution in [3.8, 4) is 0 Å². The van der Waals surface area contributed by atoms with Crippen LogP contribution < -0.4 is 5.32 Å². The van der Waals surface area contributed by atoms with Gasteiger partial charge in [0.05, 0.1) is 5.92 Å². The number of hydrogen-bond donors (Lipinski definition) is 1.